The Labute approximate surface area is 762 Å². The first-order chi connectivity index (χ1) is 60.9. The van der Waals surface area contributed by atoms with E-state index in [9.17, 15) is 55.3 Å². The Hall–Kier alpha value is -13.1. The summed E-state index contributed by atoms with van der Waals surface area (Å²) in [5.74, 6) is -1.11. The van der Waals surface area contributed by atoms with Gasteiger partial charge in [-0.2, -0.15) is 50.5 Å². The molecule has 0 saturated heterocycles. The van der Waals surface area contributed by atoms with Crippen molar-refractivity contribution in [3.05, 3.63) is 427 Å². The lowest BCUT2D eigenvalue weighted by atomic mass is 9.97. The van der Waals surface area contributed by atoms with E-state index in [1.54, 1.807) is 153 Å². The highest BCUT2D eigenvalue weighted by molar-refractivity contribution is 9.10. The number of carboxylic acid groups (broad SMARTS) is 1. The highest BCUT2D eigenvalue weighted by Gasteiger charge is 2.26. The smallest absolute Gasteiger partial charge is 0.360 e. The minimum Gasteiger partial charge on any atom is -0.478 e. The molecule has 0 heterocycles. The number of aromatic carboxylic acids is 1. The Morgan fingerprint density at radius 2 is 0.688 bits per heavy atom. The molecule has 0 saturated carbocycles. The minimum absolute atomic E-state index is 0.0123. The van der Waals surface area contributed by atoms with Crippen LogP contribution in [0.15, 0.2) is 411 Å². The van der Waals surface area contributed by atoms with E-state index in [1.165, 1.54) is 85.1 Å². The van der Waals surface area contributed by atoms with Crippen LogP contribution in [0.5, 0.6) is 0 Å². The van der Waals surface area contributed by atoms with Crippen LogP contribution in [-0.2, 0) is 86.4 Å². The molecule has 0 aromatic heterocycles. The quantitative estimate of drug-likeness (QED) is 0.0351. The lowest BCUT2D eigenvalue weighted by Crippen LogP contribution is -2.20. The van der Waals surface area contributed by atoms with Gasteiger partial charge in [0.2, 0.25) is 0 Å². The molecule has 128 heavy (non-hydrogen) atoms. The van der Waals surface area contributed by atoms with Gasteiger partial charge < -0.3 is 5.11 Å². The zero-order valence-corrected chi connectivity index (χ0v) is 77.0. The second-order valence-corrected chi connectivity index (χ2v) is 38.2. The number of benzene rings is 13. The molecule has 0 spiro atoms. The average Bonchev–Trinajstić information content (AvgIpc) is 0.801. The molecule has 0 unspecified atom stereocenters. The van der Waals surface area contributed by atoms with Gasteiger partial charge >= 0.3 is 66.7 Å². The summed E-state index contributed by atoms with van der Waals surface area (Å²) in [4.78, 5) is 10.2. The first-order valence-corrected chi connectivity index (χ1v) is 48.1. The highest BCUT2D eigenvalue weighted by atomic mass is 79.9. The second kappa shape index (κ2) is 46.4. The Morgan fingerprint density at radius 1 is 0.352 bits per heavy atom. The normalized spacial score (nSPS) is 12.0. The lowest BCUT2D eigenvalue weighted by Gasteiger charge is -2.11. The number of nitrogens with zero attached hydrogens (tertiary/aromatic N) is 6. The van der Waals surface area contributed by atoms with Crippen LogP contribution in [0.3, 0.4) is 0 Å². The number of carbonyl (C=O) groups is 1. The van der Waals surface area contributed by atoms with Crippen LogP contribution in [0.4, 0.5) is 0 Å². The third-order valence-electron chi connectivity index (χ3n) is 17.4. The summed E-state index contributed by atoms with van der Waals surface area (Å²) < 4.78 is 178. The number of aryl methyl sites for hydroxylation is 4. The van der Waals surface area contributed by atoms with Crippen LogP contribution in [0.2, 0.25) is 10.0 Å². The van der Waals surface area contributed by atoms with Crippen LogP contribution < -0.4 is 0 Å². The molecule has 0 aliphatic carbocycles. The van der Waals surface area contributed by atoms with E-state index in [1.807, 2.05) is 151 Å². The molecule has 13 aromatic rings. The van der Waals surface area contributed by atoms with E-state index in [2.05, 4.69) is 51.1 Å². The summed E-state index contributed by atoms with van der Waals surface area (Å²) in [5, 5.41) is 31.9. The van der Waals surface area contributed by atoms with Gasteiger partial charge in [0, 0.05) is 37.3 Å². The zero-order chi connectivity index (χ0) is 92.7. The fourth-order valence-corrected chi connectivity index (χ4v) is 16.8. The SMILES string of the molecule is C/C(=N\OS(=O)(=O)c1cc(Cl)ccc1Cl)c1c(C)cc(C)cc1C.CC(C)/C(=N\OS(=O)(=O)c1ccc(Br)cc1)c1ccccc1.Cc1ccc(S(=O)(=O)ON=C(c2ccccc2)c2ccccc2)cc1.O=C(O)c1ccc(S(=O)(=O)O/N=C/c2ccccc2)cc1.O=S(=O)(O/N=C(\C(=N/OS(=O)(=O)c1ccccc1)c1ccccc1)c1ccccc1)c1ccccc1. The van der Waals surface area contributed by atoms with Crippen molar-refractivity contribution in [1.29, 1.82) is 0 Å². The van der Waals surface area contributed by atoms with E-state index in [-0.39, 0.29) is 62.3 Å². The summed E-state index contributed by atoms with van der Waals surface area (Å²) in [5.41, 5.74) is 10.2. The van der Waals surface area contributed by atoms with Gasteiger partial charge in [0.05, 0.1) is 28.2 Å². The molecule has 26 nitrogen and oxygen atoms in total. The number of hydrogen-bond acceptors (Lipinski definition) is 25. The number of hydrogen-bond donors (Lipinski definition) is 1. The molecule has 0 aliphatic rings. The molecule has 0 radical (unpaired) electrons. The van der Waals surface area contributed by atoms with Gasteiger partial charge in [-0.1, -0.05) is 338 Å². The molecule has 35 heteroatoms. The van der Waals surface area contributed by atoms with Crippen molar-refractivity contribution in [2.45, 2.75) is 77.8 Å². The van der Waals surface area contributed by atoms with Gasteiger partial charge in [0.1, 0.15) is 46.5 Å². The van der Waals surface area contributed by atoms with Gasteiger partial charge in [-0.05, 0) is 166 Å². The fraction of sp³-hybridized carbons (Fsp3) is 0.0860. The van der Waals surface area contributed by atoms with Crippen LogP contribution in [0.1, 0.15) is 92.3 Å². The van der Waals surface area contributed by atoms with Gasteiger partial charge in [-0.25, -0.2) is 4.79 Å². The summed E-state index contributed by atoms with van der Waals surface area (Å²) in [6, 6.07) is 94.3. The average molecular weight is 1950 g/mol. The van der Waals surface area contributed by atoms with E-state index in [0.717, 1.165) is 61.1 Å². The van der Waals surface area contributed by atoms with Crippen LogP contribution >= 0.6 is 39.1 Å². The molecule has 0 fully saturated rings. The van der Waals surface area contributed by atoms with Crippen molar-refractivity contribution in [2.75, 3.05) is 0 Å². The minimum atomic E-state index is -4.27. The van der Waals surface area contributed by atoms with E-state index < -0.39 is 66.7 Å². The van der Waals surface area contributed by atoms with Gasteiger partial charge in [0.15, 0.2) is 0 Å². The molecule has 660 valence electrons. The summed E-state index contributed by atoms with van der Waals surface area (Å²) >= 11 is 15.0. The van der Waals surface area contributed by atoms with Crippen LogP contribution in [0.25, 0.3) is 0 Å². The van der Waals surface area contributed by atoms with Crippen molar-refractivity contribution in [3.63, 3.8) is 0 Å². The number of halogens is 3. The van der Waals surface area contributed by atoms with Crippen molar-refractivity contribution in [1.82, 2.24) is 0 Å². The maximum Gasteiger partial charge on any atom is 0.360 e. The number of carboxylic acids is 1. The predicted octanol–water partition coefficient (Wildman–Crippen LogP) is 20.1. The summed E-state index contributed by atoms with van der Waals surface area (Å²) in [6.07, 6.45) is 1.27. The van der Waals surface area contributed by atoms with E-state index in [4.69, 9.17) is 49.7 Å². The monoisotopic (exact) mass is 1940 g/mol. The summed E-state index contributed by atoms with van der Waals surface area (Å²) in [7, 11) is -24.6. The van der Waals surface area contributed by atoms with Gasteiger partial charge in [0.25, 0.3) is 0 Å². The number of oxime groups is 6. The molecule has 1 N–H and O–H groups in total. The highest BCUT2D eigenvalue weighted by Crippen LogP contribution is 2.29. The molecule has 0 aliphatic heterocycles. The van der Waals surface area contributed by atoms with Gasteiger partial charge in [-0.15, -0.1) is 0 Å². The van der Waals surface area contributed by atoms with Crippen LogP contribution in [-0.4, -0.2) is 96.4 Å². The Bertz CT molecular complexity index is 6690. The topological polar surface area (TPSA) is 372 Å². The second-order valence-electron chi connectivity index (χ2n) is 27.3. The Morgan fingerprint density at radius 3 is 1.09 bits per heavy atom. The molecule has 13 aromatic carbocycles. The molecular formula is C93H81BrCl2N6O20S6. The predicted molar refractivity (Wildman–Crippen MR) is 497 cm³/mol. The maximum atomic E-state index is 12.7. The maximum absolute atomic E-state index is 12.7. The van der Waals surface area contributed by atoms with Crippen molar-refractivity contribution in [2.24, 2.45) is 36.9 Å². The van der Waals surface area contributed by atoms with Crippen LogP contribution in [0, 0.1) is 33.6 Å². The van der Waals surface area contributed by atoms with Crippen molar-refractivity contribution < 1.29 is 86.1 Å². The molecular weight excluding hydrogens is 1860 g/mol. The Kier molecular flexibility index (Phi) is 35.8. The first kappa shape index (κ1) is 98.7. The van der Waals surface area contributed by atoms with Crippen molar-refractivity contribution >= 4 is 141 Å². The first-order valence-electron chi connectivity index (χ1n) is 38.1. The van der Waals surface area contributed by atoms with E-state index in [0.29, 0.717) is 33.8 Å². The largest absolute Gasteiger partial charge is 0.478 e. The zero-order valence-electron chi connectivity index (χ0n) is 69.0. The Balaban J connectivity index is 0.000000183. The third-order valence-corrected chi connectivity index (χ3v) is 25.4. The van der Waals surface area contributed by atoms with Crippen molar-refractivity contribution in [3.8, 4) is 0 Å². The molecule has 0 amide bonds. The van der Waals surface area contributed by atoms with Gasteiger partial charge in [-0.3, -0.25) is 25.7 Å². The van der Waals surface area contributed by atoms with E-state index >= 15 is 0 Å². The fourth-order valence-electron chi connectivity index (χ4n) is 11.3. The lowest BCUT2D eigenvalue weighted by molar-refractivity contribution is 0.0696. The summed E-state index contributed by atoms with van der Waals surface area (Å²) in [6.45, 7) is 13.3. The molecule has 13 rings (SSSR count). The molecule has 0 bridgehead atoms. The standard InChI is InChI=1S/C26H20N2O6S2.C20H17NO3S.C17H17Cl2NO3S.C16H16BrNO3S.C14H11NO5S/c29-35(30,23-17-9-3-10-18-23)33-27-25(21-13-5-1-6-14-21)26(22-15-7-2-8-16-22)28-34-36(31,32)24-19-11-4-12-20-24;1-16-12-14-19(15-13-16)25(22,23)24-21-20(17-8-4-2-5-9-17)18-10-6-3-7-11-18;1-10-7-11(2)17(12(3)8-10)13(4)20-23-24(21,22)16-9-14(18)5-6-15(16)19;1-12(2)16(13-6-4-3-5-7-13)18-21-22(19,20)15-10-8-14(17)9-11-15;16-14(17)12-6-8-13(9-7-12)21(18,19)20-15-10-11-4-2-1-3-5-11/h1-20H;2-15H,1H3;5-9H,1-4H3;3-12H,1-2H3;1-10H,(H,16,17)/b27-25-,28-26-;;20-13+;18-16+;15-10+. The molecule has 0 atom stereocenters. The number of rotatable bonds is 28. The third kappa shape index (κ3) is 29.5.